The zero-order valence-corrected chi connectivity index (χ0v) is 9.99. The molecule has 1 aliphatic rings. The summed E-state index contributed by atoms with van der Waals surface area (Å²) in [4.78, 5) is 20.1. The van der Waals surface area contributed by atoms with Crippen molar-refractivity contribution in [2.75, 3.05) is 4.90 Å². The van der Waals surface area contributed by atoms with Gasteiger partial charge in [-0.25, -0.2) is 9.37 Å². The molecule has 0 fully saturated rings. The minimum absolute atomic E-state index is 0.282. The topological polar surface area (TPSA) is 61.0 Å². The van der Waals surface area contributed by atoms with E-state index in [0.29, 0.717) is 17.2 Å². The van der Waals surface area contributed by atoms with Gasteiger partial charge in [0.15, 0.2) is 11.3 Å². The van der Waals surface area contributed by atoms with Gasteiger partial charge in [0.1, 0.15) is 11.5 Å². The molecule has 1 aromatic carbocycles. The maximum atomic E-state index is 13.3. The maximum absolute atomic E-state index is 13.3. The number of carbonyl (C=O) groups is 1. The highest BCUT2D eigenvalue weighted by Crippen LogP contribution is 2.32. The highest BCUT2D eigenvalue weighted by atomic mass is 32.1. The lowest BCUT2D eigenvalue weighted by molar-refractivity contribution is 0.0940. The first kappa shape index (κ1) is 11.1. The van der Waals surface area contributed by atoms with Gasteiger partial charge in [0.05, 0.1) is 6.33 Å². The summed E-state index contributed by atoms with van der Waals surface area (Å²) in [6.07, 6.45) is 1.42. The summed E-state index contributed by atoms with van der Waals surface area (Å²) in [5.41, 5.74) is 0.322. The molecule has 7 heteroatoms. The van der Waals surface area contributed by atoms with Crippen LogP contribution in [-0.4, -0.2) is 21.4 Å². The minimum atomic E-state index is -0.588. The van der Waals surface area contributed by atoms with Crippen molar-refractivity contribution in [3.63, 3.8) is 0 Å². The summed E-state index contributed by atoms with van der Waals surface area (Å²) >= 11 is 4.28. The summed E-state index contributed by atoms with van der Waals surface area (Å²) in [5, 5.41) is 2.65. The Morgan fingerprint density at radius 3 is 3.06 bits per heavy atom. The van der Waals surface area contributed by atoms with E-state index in [1.54, 1.807) is 17.0 Å². The van der Waals surface area contributed by atoms with E-state index >= 15 is 0 Å². The Labute approximate surface area is 107 Å². The van der Waals surface area contributed by atoms with E-state index in [-0.39, 0.29) is 11.7 Å². The van der Waals surface area contributed by atoms with Crippen molar-refractivity contribution in [1.29, 1.82) is 0 Å². The average Bonchev–Trinajstić information content (AvgIpc) is 2.78. The lowest BCUT2D eigenvalue weighted by atomic mass is 10.2. The second-order valence-corrected chi connectivity index (χ2v) is 4.29. The number of amides is 1. The molecule has 1 atom stereocenters. The molecule has 2 heterocycles. The monoisotopic (exact) mass is 264 g/mol. The van der Waals surface area contributed by atoms with E-state index in [1.807, 2.05) is 0 Å². The normalized spacial score (nSPS) is 18.4. The van der Waals surface area contributed by atoms with Gasteiger partial charge in [-0.2, -0.15) is 0 Å². The molecule has 0 spiro atoms. The molecule has 0 bridgehead atoms. The van der Waals surface area contributed by atoms with Crippen LogP contribution in [0.1, 0.15) is 10.5 Å². The van der Waals surface area contributed by atoms with Crippen LogP contribution in [0.15, 0.2) is 30.6 Å². The molecule has 1 unspecified atom stereocenters. The van der Waals surface area contributed by atoms with Crippen LogP contribution in [0.5, 0.6) is 0 Å². The SMILES string of the molecule is O=C1NC(S)N(c2cccc(F)c2)c2nc[nH]c21. The van der Waals surface area contributed by atoms with Crippen LogP contribution in [0, 0.1) is 5.82 Å². The molecule has 2 N–H and O–H groups in total. The van der Waals surface area contributed by atoms with Gasteiger partial charge in [-0.1, -0.05) is 6.07 Å². The lowest BCUT2D eigenvalue weighted by Crippen LogP contribution is -2.47. The fourth-order valence-corrected chi connectivity index (χ4v) is 2.26. The number of imidazole rings is 1. The molecule has 0 radical (unpaired) electrons. The van der Waals surface area contributed by atoms with Gasteiger partial charge in [-0.15, -0.1) is 12.6 Å². The van der Waals surface area contributed by atoms with Gasteiger partial charge >= 0.3 is 0 Å². The first-order chi connectivity index (χ1) is 8.66. The molecule has 0 saturated carbocycles. The van der Waals surface area contributed by atoms with Crippen LogP contribution < -0.4 is 10.2 Å². The van der Waals surface area contributed by atoms with E-state index < -0.39 is 5.50 Å². The quantitative estimate of drug-likeness (QED) is 0.686. The van der Waals surface area contributed by atoms with Crippen molar-refractivity contribution in [3.05, 3.63) is 42.1 Å². The summed E-state index contributed by atoms with van der Waals surface area (Å²) in [6.45, 7) is 0. The number of fused-ring (bicyclic) bond motifs is 1. The van der Waals surface area contributed by atoms with Crippen LogP contribution in [0.4, 0.5) is 15.9 Å². The Kier molecular flexibility index (Phi) is 2.48. The van der Waals surface area contributed by atoms with Crippen molar-refractivity contribution in [1.82, 2.24) is 15.3 Å². The van der Waals surface area contributed by atoms with Crippen molar-refractivity contribution in [2.24, 2.45) is 0 Å². The van der Waals surface area contributed by atoms with Gasteiger partial charge in [0, 0.05) is 5.69 Å². The van der Waals surface area contributed by atoms with E-state index in [0.717, 1.165) is 0 Å². The van der Waals surface area contributed by atoms with Gasteiger partial charge in [0.2, 0.25) is 0 Å². The Balaban J connectivity index is 2.12. The Hall–Kier alpha value is -2.02. The number of benzene rings is 1. The number of nitrogens with zero attached hydrogens (tertiary/aromatic N) is 2. The summed E-state index contributed by atoms with van der Waals surface area (Å²) in [6, 6.07) is 6.03. The Morgan fingerprint density at radius 1 is 1.44 bits per heavy atom. The molecule has 1 amide bonds. The number of nitrogens with one attached hydrogen (secondary N) is 2. The van der Waals surface area contributed by atoms with Crippen LogP contribution in [0.25, 0.3) is 0 Å². The van der Waals surface area contributed by atoms with Crippen molar-refractivity contribution in [2.45, 2.75) is 5.50 Å². The molecule has 5 nitrogen and oxygen atoms in total. The molecule has 0 aliphatic carbocycles. The van der Waals surface area contributed by atoms with Gasteiger partial charge in [0.25, 0.3) is 5.91 Å². The zero-order chi connectivity index (χ0) is 12.7. The minimum Gasteiger partial charge on any atom is -0.339 e. The first-order valence-electron chi connectivity index (χ1n) is 5.24. The summed E-state index contributed by atoms with van der Waals surface area (Å²) in [5.74, 6) is -0.207. The van der Waals surface area contributed by atoms with Crippen molar-refractivity contribution >= 4 is 30.0 Å². The number of H-pyrrole nitrogens is 1. The van der Waals surface area contributed by atoms with Gasteiger partial charge < -0.3 is 10.3 Å². The van der Waals surface area contributed by atoms with Crippen LogP contribution >= 0.6 is 12.6 Å². The van der Waals surface area contributed by atoms with Gasteiger partial charge in [-0.3, -0.25) is 9.69 Å². The number of aromatic nitrogens is 2. The van der Waals surface area contributed by atoms with Crippen LogP contribution in [-0.2, 0) is 0 Å². The number of hydrogen-bond acceptors (Lipinski definition) is 4. The van der Waals surface area contributed by atoms with E-state index in [1.165, 1.54) is 18.5 Å². The first-order valence-corrected chi connectivity index (χ1v) is 5.75. The number of aromatic amines is 1. The highest BCUT2D eigenvalue weighted by molar-refractivity contribution is 7.81. The van der Waals surface area contributed by atoms with Crippen LogP contribution in [0.2, 0.25) is 0 Å². The fraction of sp³-hybridized carbons (Fsp3) is 0.0909. The molecule has 1 aromatic heterocycles. The number of hydrogen-bond donors (Lipinski definition) is 3. The largest absolute Gasteiger partial charge is 0.339 e. The summed E-state index contributed by atoms with van der Waals surface area (Å²) in [7, 11) is 0. The van der Waals surface area contributed by atoms with E-state index in [4.69, 9.17) is 0 Å². The third-order valence-electron chi connectivity index (χ3n) is 2.67. The molecule has 92 valence electrons. The standard InChI is InChI=1S/C11H9FN4OS/c12-6-2-1-3-7(4-6)16-9-8(13-5-14-9)10(17)15-11(16)18/h1-5,11,18H,(H,13,14)(H,15,17). The molecule has 3 rings (SSSR count). The second kappa shape index (κ2) is 4.02. The molecular weight excluding hydrogens is 255 g/mol. The second-order valence-electron chi connectivity index (χ2n) is 3.80. The lowest BCUT2D eigenvalue weighted by Gasteiger charge is -2.33. The van der Waals surface area contributed by atoms with Crippen molar-refractivity contribution < 1.29 is 9.18 Å². The number of carbonyl (C=O) groups excluding carboxylic acids is 1. The number of thiol groups is 1. The molecule has 0 saturated heterocycles. The Bertz CT molecular complexity index is 615. The fourth-order valence-electron chi connectivity index (χ4n) is 1.90. The summed E-state index contributed by atoms with van der Waals surface area (Å²) < 4.78 is 13.3. The molecule has 2 aromatic rings. The predicted molar refractivity (Wildman–Crippen MR) is 67.4 cm³/mol. The number of rotatable bonds is 1. The average molecular weight is 264 g/mol. The smallest absolute Gasteiger partial charge is 0.273 e. The third-order valence-corrected chi connectivity index (χ3v) is 3.03. The van der Waals surface area contributed by atoms with E-state index in [2.05, 4.69) is 27.9 Å². The van der Waals surface area contributed by atoms with Crippen LogP contribution in [0.3, 0.4) is 0 Å². The highest BCUT2D eigenvalue weighted by Gasteiger charge is 2.32. The molecule has 1 aliphatic heterocycles. The van der Waals surface area contributed by atoms with E-state index in [9.17, 15) is 9.18 Å². The predicted octanol–water partition coefficient (Wildman–Crippen LogP) is 1.64. The zero-order valence-electron chi connectivity index (χ0n) is 9.09. The number of halogens is 1. The Morgan fingerprint density at radius 2 is 2.28 bits per heavy atom. The van der Waals surface area contributed by atoms with Gasteiger partial charge in [-0.05, 0) is 18.2 Å². The third kappa shape index (κ3) is 1.63. The molecular formula is C11H9FN4OS. The number of anilines is 2. The van der Waals surface area contributed by atoms with Crippen molar-refractivity contribution in [3.8, 4) is 0 Å². The molecule has 18 heavy (non-hydrogen) atoms. The maximum Gasteiger partial charge on any atom is 0.273 e.